The van der Waals surface area contributed by atoms with E-state index in [1.54, 1.807) is 12.1 Å². The van der Waals surface area contributed by atoms with Crippen LogP contribution in [0.2, 0.25) is 5.02 Å². The maximum atomic E-state index is 13.6. The number of hydrogen-bond donors (Lipinski definition) is 1. The summed E-state index contributed by atoms with van der Waals surface area (Å²) in [5.74, 6) is -0.336. The quantitative estimate of drug-likeness (QED) is 0.425. The molecule has 0 spiro atoms. The molecule has 0 amide bonds. The number of aromatic amines is 1. The summed E-state index contributed by atoms with van der Waals surface area (Å²) in [5.41, 5.74) is 2.55. The molecule has 108 valence electrons. The first-order valence-corrected chi connectivity index (χ1v) is 7.22. The third kappa shape index (κ3) is 2.11. The molecule has 4 aromatic rings. The van der Waals surface area contributed by atoms with Gasteiger partial charge in [0.25, 0.3) is 0 Å². The van der Waals surface area contributed by atoms with E-state index in [1.165, 1.54) is 12.1 Å². The molecule has 22 heavy (non-hydrogen) atoms. The van der Waals surface area contributed by atoms with Gasteiger partial charge in [-0.15, -0.1) is 0 Å². The Morgan fingerprint density at radius 1 is 0.864 bits per heavy atom. The van der Waals surface area contributed by atoms with Crippen LogP contribution in [0.25, 0.3) is 33.0 Å². The standard InChI is InChI=1S/C18H11ClFNO/c19-14-6-3-5-13-12-4-1-2-7-16(12)22-17-9-8-11(20)10-15(17)21-18(13)14/h1-10,21H. The van der Waals surface area contributed by atoms with Gasteiger partial charge in [-0.1, -0.05) is 41.9 Å². The van der Waals surface area contributed by atoms with E-state index < -0.39 is 0 Å². The van der Waals surface area contributed by atoms with E-state index in [0.29, 0.717) is 21.7 Å². The molecule has 0 saturated heterocycles. The monoisotopic (exact) mass is 311 g/mol. The van der Waals surface area contributed by atoms with Crippen molar-refractivity contribution in [1.82, 2.24) is 4.98 Å². The number of H-pyrrole nitrogens is 1. The molecule has 0 atom stereocenters. The Balaban J connectivity index is 2.37. The zero-order chi connectivity index (χ0) is 15.1. The normalized spacial score (nSPS) is 11.2. The van der Waals surface area contributed by atoms with Crippen molar-refractivity contribution in [2.45, 2.75) is 0 Å². The average molecular weight is 312 g/mol. The molecule has 1 heterocycles. The third-order valence-corrected chi connectivity index (χ3v) is 3.93. The van der Waals surface area contributed by atoms with Gasteiger partial charge in [0.2, 0.25) is 0 Å². The Hall–Kier alpha value is -2.52. The van der Waals surface area contributed by atoms with Crippen molar-refractivity contribution in [3.8, 4) is 0 Å². The van der Waals surface area contributed by atoms with E-state index in [0.717, 1.165) is 16.3 Å². The molecule has 0 bridgehead atoms. The molecular formula is C18H11ClFNO. The second kappa shape index (κ2) is 5.04. The summed E-state index contributed by atoms with van der Waals surface area (Å²) < 4.78 is 19.5. The van der Waals surface area contributed by atoms with Crippen LogP contribution in [0.15, 0.2) is 65.1 Å². The van der Waals surface area contributed by atoms with Gasteiger partial charge in [-0.3, -0.25) is 0 Å². The van der Waals surface area contributed by atoms with Gasteiger partial charge in [-0.05, 0) is 24.3 Å². The molecule has 0 fully saturated rings. The third-order valence-electron chi connectivity index (χ3n) is 3.61. The highest BCUT2D eigenvalue weighted by atomic mass is 35.5. The van der Waals surface area contributed by atoms with Crippen LogP contribution in [-0.2, 0) is 0 Å². The second-order valence-corrected chi connectivity index (χ2v) is 5.43. The van der Waals surface area contributed by atoms with E-state index >= 15 is 0 Å². The summed E-state index contributed by atoms with van der Waals surface area (Å²) >= 11 is 6.34. The summed E-state index contributed by atoms with van der Waals surface area (Å²) in [4.78, 5) is 3.20. The lowest BCUT2D eigenvalue weighted by Crippen LogP contribution is -1.84. The zero-order valence-corrected chi connectivity index (χ0v) is 12.2. The first-order valence-electron chi connectivity index (χ1n) is 6.85. The van der Waals surface area contributed by atoms with E-state index in [2.05, 4.69) is 4.98 Å². The molecule has 1 N–H and O–H groups in total. The lowest BCUT2D eigenvalue weighted by Gasteiger charge is -2.05. The van der Waals surface area contributed by atoms with Gasteiger partial charge in [0.1, 0.15) is 11.4 Å². The summed E-state index contributed by atoms with van der Waals surface area (Å²) in [5, 5.41) is 2.42. The number of aromatic nitrogens is 1. The zero-order valence-electron chi connectivity index (χ0n) is 11.4. The number of rotatable bonds is 0. The highest BCUT2D eigenvalue weighted by Crippen LogP contribution is 2.28. The first-order chi connectivity index (χ1) is 10.7. The molecule has 1 aromatic heterocycles. The number of halogens is 2. The molecular weight excluding hydrogens is 301 g/mol. The predicted octanol–water partition coefficient (Wildman–Crippen LogP) is 5.98. The van der Waals surface area contributed by atoms with E-state index in [4.69, 9.17) is 16.0 Å². The van der Waals surface area contributed by atoms with E-state index in [9.17, 15) is 4.39 Å². The van der Waals surface area contributed by atoms with Crippen molar-refractivity contribution < 1.29 is 8.81 Å². The molecule has 0 aliphatic heterocycles. The molecule has 0 aliphatic rings. The summed E-state index contributed by atoms with van der Waals surface area (Å²) in [6.07, 6.45) is 0. The van der Waals surface area contributed by atoms with Crippen LogP contribution in [0.5, 0.6) is 0 Å². The van der Waals surface area contributed by atoms with Gasteiger partial charge >= 0.3 is 0 Å². The molecule has 0 aliphatic carbocycles. The molecule has 0 radical (unpaired) electrons. The van der Waals surface area contributed by atoms with Crippen LogP contribution in [0, 0.1) is 5.82 Å². The van der Waals surface area contributed by atoms with Gasteiger partial charge in [0.05, 0.1) is 16.1 Å². The minimum absolute atomic E-state index is 0.336. The van der Waals surface area contributed by atoms with Crippen molar-refractivity contribution in [1.29, 1.82) is 0 Å². The highest BCUT2D eigenvalue weighted by Gasteiger charge is 2.05. The maximum absolute atomic E-state index is 13.6. The topological polar surface area (TPSA) is 28.9 Å². The number of benzene rings is 3. The lowest BCUT2D eigenvalue weighted by molar-refractivity contribution is 0.623. The van der Waals surface area contributed by atoms with Crippen molar-refractivity contribution >= 4 is 44.6 Å². The maximum Gasteiger partial charge on any atom is 0.151 e. The number of nitrogens with one attached hydrogen (secondary N) is 1. The van der Waals surface area contributed by atoms with Crippen molar-refractivity contribution in [2.24, 2.45) is 0 Å². The smallest absolute Gasteiger partial charge is 0.151 e. The van der Waals surface area contributed by atoms with E-state index in [-0.39, 0.29) is 5.82 Å². The van der Waals surface area contributed by atoms with Crippen molar-refractivity contribution in [3.05, 3.63) is 71.5 Å². The molecule has 3 aromatic carbocycles. The van der Waals surface area contributed by atoms with Crippen LogP contribution in [0.1, 0.15) is 0 Å². The Kier molecular flexibility index (Phi) is 3.01. The van der Waals surface area contributed by atoms with Crippen LogP contribution in [0.4, 0.5) is 4.39 Å². The number of hydrogen-bond acceptors (Lipinski definition) is 1. The Labute approximate surface area is 130 Å². The summed E-state index contributed by atoms with van der Waals surface area (Å²) in [6, 6.07) is 17.7. The largest absolute Gasteiger partial charge is 0.455 e. The van der Waals surface area contributed by atoms with Crippen LogP contribution < -0.4 is 0 Å². The van der Waals surface area contributed by atoms with Gasteiger partial charge in [0, 0.05) is 16.8 Å². The molecule has 0 saturated carbocycles. The highest BCUT2D eigenvalue weighted by molar-refractivity contribution is 6.35. The number of para-hydroxylation sites is 2. The fourth-order valence-electron chi connectivity index (χ4n) is 2.60. The van der Waals surface area contributed by atoms with Crippen LogP contribution >= 0.6 is 11.6 Å². The average Bonchev–Trinajstić information content (AvgIpc) is 2.51. The first kappa shape index (κ1) is 13.2. The van der Waals surface area contributed by atoms with Gasteiger partial charge in [-0.25, -0.2) is 4.39 Å². The molecule has 0 unspecified atom stereocenters. The van der Waals surface area contributed by atoms with Crippen molar-refractivity contribution in [2.75, 3.05) is 0 Å². The van der Waals surface area contributed by atoms with Crippen LogP contribution in [-0.4, -0.2) is 4.98 Å². The molecule has 4 rings (SSSR count). The summed E-state index contributed by atoms with van der Waals surface area (Å²) in [7, 11) is 0. The fourth-order valence-corrected chi connectivity index (χ4v) is 2.82. The molecule has 2 nitrogen and oxygen atoms in total. The minimum atomic E-state index is -0.336. The second-order valence-electron chi connectivity index (χ2n) is 5.03. The Morgan fingerprint density at radius 2 is 1.68 bits per heavy atom. The SMILES string of the molecule is Fc1ccc2oc3ccccc3c3cccc(Cl)c3[nH]c2c1. The van der Waals surface area contributed by atoms with Gasteiger partial charge < -0.3 is 9.40 Å². The van der Waals surface area contributed by atoms with Gasteiger partial charge in [-0.2, -0.15) is 0 Å². The van der Waals surface area contributed by atoms with Crippen LogP contribution in [0.3, 0.4) is 0 Å². The lowest BCUT2D eigenvalue weighted by atomic mass is 10.1. The molecule has 4 heteroatoms. The van der Waals surface area contributed by atoms with Gasteiger partial charge in [0.15, 0.2) is 5.58 Å². The minimum Gasteiger partial charge on any atom is -0.455 e. The predicted molar refractivity (Wildman–Crippen MR) is 88.2 cm³/mol. The van der Waals surface area contributed by atoms with Crippen molar-refractivity contribution in [3.63, 3.8) is 0 Å². The van der Waals surface area contributed by atoms with E-state index in [1.807, 2.05) is 36.4 Å². The number of fused-ring (bicyclic) bond motifs is 4. The Morgan fingerprint density at radius 3 is 2.59 bits per heavy atom. The fraction of sp³-hybridized carbons (Fsp3) is 0. The summed E-state index contributed by atoms with van der Waals surface area (Å²) in [6.45, 7) is 0. The Bertz CT molecular complexity index is 1060.